The zero-order valence-electron chi connectivity index (χ0n) is 16.7. The molecule has 4 rings (SSSR count). The Kier molecular flexibility index (Phi) is 6.50. The summed E-state index contributed by atoms with van der Waals surface area (Å²) in [5, 5.41) is 4.33. The van der Waals surface area contributed by atoms with Crippen LogP contribution >= 0.6 is 11.6 Å². The van der Waals surface area contributed by atoms with E-state index in [0.717, 1.165) is 6.07 Å². The fourth-order valence-electron chi connectivity index (χ4n) is 4.04. The van der Waals surface area contributed by atoms with Crippen molar-refractivity contribution >= 4 is 17.3 Å². The Morgan fingerprint density at radius 2 is 1.71 bits per heavy atom. The van der Waals surface area contributed by atoms with Crippen LogP contribution in [0.25, 0.3) is 0 Å². The van der Waals surface area contributed by atoms with Gasteiger partial charge in [0.2, 0.25) is 0 Å². The maximum atomic E-state index is 14.1. The van der Waals surface area contributed by atoms with Gasteiger partial charge >= 0.3 is 6.18 Å². The highest BCUT2D eigenvalue weighted by Gasteiger charge is 2.34. The van der Waals surface area contributed by atoms with Crippen LogP contribution < -0.4 is 0 Å². The molecule has 2 aliphatic heterocycles. The molecular formula is C22H22ClF4N3O. The molecule has 2 aromatic rings. The van der Waals surface area contributed by atoms with Crippen LogP contribution in [0.15, 0.2) is 47.6 Å². The Hall–Kier alpha value is -2.16. The summed E-state index contributed by atoms with van der Waals surface area (Å²) in [5.74, 6) is -0.428. The number of alkyl halides is 3. The first-order chi connectivity index (χ1) is 14.8. The van der Waals surface area contributed by atoms with Gasteiger partial charge in [0.15, 0.2) is 0 Å². The van der Waals surface area contributed by atoms with Gasteiger partial charge in [0, 0.05) is 45.7 Å². The average molecular weight is 456 g/mol. The number of nitrogens with zero attached hydrogens (tertiary/aromatic N) is 3. The van der Waals surface area contributed by atoms with Gasteiger partial charge in [-0.05, 0) is 23.8 Å². The lowest BCUT2D eigenvalue weighted by Crippen LogP contribution is -2.48. The second kappa shape index (κ2) is 9.14. The summed E-state index contributed by atoms with van der Waals surface area (Å²) >= 11 is 6.11. The lowest BCUT2D eigenvalue weighted by atomic mass is 10.0. The van der Waals surface area contributed by atoms with Gasteiger partial charge in [-0.3, -0.25) is 9.80 Å². The number of hydrogen-bond acceptors (Lipinski definition) is 4. The van der Waals surface area contributed by atoms with Crippen LogP contribution in [-0.4, -0.2) is 54.3 Å². The second-order valence-corrected chi connectivity index (χ2v) is 8.21. The van der Waals surface area contributed by atoms with Gasteiger partial charge in [0.25, 0.3) is 0 Å². The van der Waals surface area contributed by atoms with E-state index >= 15 is 0 Å². The van der Waals surface area contributed by atoms with Crippen LogP contribution in [0.2, 0.25) is 5.02 Å². The molecule has 2 aromatic carbocycles. The molecule has 9 heteroatoms. The van der Waals surface area contributed by atoms with Crippen molar-refractivity contribution in [1.29, 1.82) is 0 Å². The summed E-state index contributed by atoms with van der Waals surface area (Å²) < 4.78 is 53.7. The zero-order chi connectivity index (χ0) is 22.0. The van der Waals surface area contributed by atoms with Crippen molar-refractivity contribution < 1.29 is 22.4 Å². The zero-order valence-corrected chi connectivity index (χ0v) is 17.5. The number of hydrogen-bond donors (Lipinski definition) is 0. The summed E-state index contributed by atoms with van der Waals surface area (Å²) in [5.41, 5.74) is 0.492. The third-order valence-electron chi connectivity index (χ3n) is 5.63. The molecule has 0 bridgehead atoms. The molecule has 2 aliphatic rings. The second-order valence-electron chi connectivity index (χ2n) is 7.80. The number of piperazine rings is 1. The largest absolute Gasteiger partial charge is 0.416 e. The fourth-order valence-corrected chi connectivity index (χ4v) is 4.31. The van der Waals surface area contributed by atoms with Crippen molar-refractivity contribution in [3.63, 3.8) is 0 Å². The van der Waals surface area contributed by atoms with E-state index < -0.39 is 17.6 Å². The Balaban J connectivity index is 1.28. The van der Waals surface area contributed by atoms with E-state index in [2.05, 4.69) is 10.1 Å². The van der Waals surface area contributed by atoms with Gasteiger partial charge in [-0.2, -0.15) is 13.2 Å². The monoisotopic (exact) mass is 455 g/mol. The Bertz CT molecular complexity index is 938. The van der Waals surface area contributed by atoms with Crippen LogP contribution in [0.4, 0.5) is 17.6 Å². The first kappa shape index (κ1) is 22.0. The van der Waals surface area contributed by atoms with Gasteiger partial charge in [-0.15, -0.1) is 0 Å². The van der Waals surface area contributed by atoms with E-state index in [-0.39, 0.29) is 18.2 Å². The topological polar surface area (TPSA) is 28.1 Å². The quantitative estimate of drug-likeness (QED) is 0.606. The van der Waals surface area contributed by atoms with Crippen LogP contribution in [0, 0.1) is 5.82 Å². The Labute approximate surface area is 183 Å². The minimum absolute atomic E-state index is 0.205. The predicted molar refractivity (Wildman–Crippen MR) is 111 cm³/mol. The van der Waals surface area contributed by atoms with Crippen LogP contribution in [0.3, 0.4) is 0 Å². The molecule has 1 atom stereocenters. The molecule has 0 radical (unpaired) electrons. The third-order valence-corrected chi connectivity index (χ3v) is 5.94. The summed E-state index contributed by atoms with van der Waals surface area (Å²) in [4.78, 5) is 9.71. The summed E-state index contributed by atoms with van der Waals surface area (Å²) in [6.45, 7) is 3.62. The predicted octanol–water partition coefficient (Wildman–Crippen LogP) is 4.81. The number of rotatable bonds is 5. The maximum absolute atomic E-state index is 14.1. The summed E-state index contributed by atoms with van der Waals surface area (Å²) in [7, 11) is 0. The molecule has 0 amide bonds. The van der Waals surface area contributed by atoms with Gasteiger partial charge in [-0.1, -0.05) is 41.0 Å². The summed E-state index contributed by atoms with van der Waals surface area (Å²) in [6, 6.07) is 10.2. The standard InChI is InChI=1S/C22H22ClF4N3O/c23-18-6-3-7-19(24)21(18)20-12-16(31-28-20)14-30-10-8-29(9-11-30)13-15-4-1-2-5-17(15)22(25,26)27/h1-7,16H,8-14H2. The molecule has 0 spiro atoms. The van der Waals surface area contributed by atoms with Crippen LogP contribution in [0.5, 0.6) is 0 Å². The molecule has 1 unspecified atom stereocenters. The van der Waals surface area contributed by atoms with Crippen molar-refractivity contribution in [3.05, 3.63) is 70.0 Å². The summed E-state index contributed by atoms with van der Waals surface area (Å²) in [6.07, 6.45) is -4.10. The molecule has 31 heavy (non-hydrogen) atoms. The lowest BCUT2D eigenvalue weighted by molar-refractivity contribution is -0.138. The van der Waals surface area contributed by atoms with Gasteiger partial charge in [0.05, 0.1) is 21.9 Å². The Morgan fingerprint density at radius 3 is 2.42 bits per heavy atom. The van der Waals surface area contributed by atoms with Crippen LogP contribution in [0.1, 0.15) is 23.1 Å². The minimum atomic E-state index is -4.35. The molecule has 0 saturated carbocycles. The Morgan fingerprint density at radius 1 is 1.00 bits per heavy atom. The normalized spacial score (nSPS) is 20.5. The molecule has 2 heterocycles. The first-order valence-corrected chi connectivity index (χ1v) is 10.5. The highest BCUT2D eigenvalue weighted by molar-refractivity contribution is 6.34. The fraction of sp³-hybridized carbons (Fsp3) is 0.409. The molecule has 4 nitrogen and oxygen atoms in total. The SMILES string of the molecule is Fc1cccc(Cl)c1C1=NOC(CN2CCN(Cc3ccccc3C(F)(F)F)CC2)C1. The molecule has 0 N–H and O–H groups in total. The lowest BCUT2D eigenvalue weighted by Gasteiger charge is -2.35. The van der Waals surface area contributed by atoms with Crippen LogP contribution in [-0.2, 0) is 17.6 Å². The van der Waals surface area contributed by atoms with E-state index in [1.165, 1.54) is 18.2 Å². The third kappa shape index (κ3) is 5.19. The van der Waals surface area contributed by atoms with Crippen molar-refractivity contribution in [2.45, 2.75) is 25.2 Å². The number of halogens is 5. The highest BCUT2D eigenvalue weighted by atomic mass is 35.5. The van der Waals surface area contributed by atoms with E-state index in [9.17, 15) is 17.6 Å². The van der Waals surface area contributed by atoms with E-state index in [1.54, 1.807) is 18.2 Å². The van der Waals surface area contributed by atoms with Crippen molar-refractivity contribution in [1.82, 2.24) is 9.80 Å². The minimum Gasteiger partial charge on any atom is -0.390 e. The van der Waals surface area contributed by atoms with Gasteiger partial charge in [-0.25, -0.2) is 4.39 Å². The molecule has 1 fully saturated rings. The average Bonchev–Trinajstić information content (AvgIpc) is 3.17. The van der Waals surface area contributed by atoms with E-state index in [1.807, 2.05) is 4.90 Å². The van der Waals surface area contributed by atoms with Gasteiger partial charge in [0.1, 0.15) is 11.9 Å². The van der Waals surface area contributed by atoms with Crippen molar-refractivity contribution in [3.8, 4) is 0 Å². The molecule has 1 saturated heterocycles. The molecule has 166 valence electrons. The molecule has 0 aliphatic carbocycles. The van der Waals surface area contributed by atoms with Gasteiger partial charge < -0.3 is 4.84 Å². The first-order valence-electron chi connectivity index (χ1n) is 10.1. The molecular weight excluding hydrogens is 434 g/mol. The van der Waals surface area contributed by atoms with Crippen molar-refractivity contribution in [2.75, 3.05) is 32.7 Å². The van der Waals surface area contributed by atoms with Crippen molar-refractivity contribution in [2.24, 2.45) is 5.16 Å². The number of benzene rings is 2. The van der Waals surface area contributed by atoms with E-state index in [0.29, 0.717) is 55.4 Å². The number of oxime groups is 1. The smallest absolute Gasteiger partial charge is 0.390 e. The maximum Gasteiger partial charge on any atom is 0.416 e. The molecule has 0 aromatic heterocycles. The highest BCUT2D eigenvalue weighted by Crippen LogP contribution is 2.32. The van der Waals surface area contributed by atoms with E-state index in [4.69, 9.17) is 16.4 Å².